The topological polar surface area (TPSA) is 49.4 Å². The van der Waals surface area contributed by atoms with Gasteiger partial charge in [-0.2, -0.15) is 0 Å². The summed E-state index contributed by atoms with van der Waals surface area (Å²) >= 11 is 5.92. The van der Waals surface area contributed by atoms with E-state index in [-0.39, 0.29) is 30.5 Å². The van der Waals surface area contributed by atoms with Crippen LogP contribution in [0.15, 0.2) is 36.4 Å². The van der Waals surface area contributed by atoms with Crippen molar-refractivity contribution in [2.45, 2.75) is 6.92 Å². The summed E-state index contributed by atoms with van der Waals surface area (Å²) in [6.07, 6.45) is 0. The lowest BCUT2D eigenvalue weighted by Gasteiger charge is -2.38. The molecule has 7 heteroatoms. The van der Waals surface area contributed by atoms with Gasteiger partial charge in [0.2, 0.25) is 5.91 Å². The number of rotatable bonds is 3. The van der Waals surface area contributed by atoms with E-state index < -0.39 is 17.5 Å². The zero-order valence-corrected chi connectivity index (χ0v) is 14.1. The summed E-state index contributed by atoms with van der Waals surface area (Å²) in [5.74, 6) is -3.07. The molecule has 1 aliphatic rings. The molecule has 2 aromatic rings. The number of anilines is 1. The third-order valence-electron chi connectivity index (χ3n) is 4.16. The van der Waals surface area contributed by atoms with Gasteiger partial charge in [-0.05, 0) is 42.8 Å². The fourth-order valence-electron chi connectivity index (χ4n) is 2.59. The molecule has 130 valence electrons. The number of carbonyl (C=O) groups excluding carboxylic acids is 2. The van der Waals surface area contributed by atoms with E-state index in [1.54, 1.807) is 18.2 Å². The molecule has 1 fully saturated rings. The molecule has 1 saturated heterocycles. The van der Waals surface area contributed by atoms with Crippen LogP contribution >= 0.6 is 11.6 Å². The predicted molar refractivity (Wildman–Crippen MR) is 90.6 cm³/mol. The lowest BCUT2D eigenvalue weighted by atomic mass is 9.97. The molecule has 0 bridgehead atoms. The van der Waals surface area contributed by atoms with Crippen LogP contribution in [0.25, 0.3) is 0 Å². The van der Waals surface area contributed by atoms with E-state index in [0.29, 0.717) is 10.7 Å². The summed E-state index contributed by atoms with van der Waals surface area (Å²) in [5.41, 5.74) is 1.57. The number of nitrogens with zero attached hydrogens (tertiary/aromatic N) is 1. The fraction of sp³-hybridized carbons (Fsp3) is 0.222. The van der Waals surface area contributed by atoms with Gasteiger partial charge in [-0.15, -0.1) is 0 Å². The standard InChI is InChI=1S/C18H15ClF2N2O2/c1-10-2-4-13(19)7-16(10)22-17(24)12-8-23(9-12)18(25)11-3-5-14(20)15(21)6-11/h2-7,12H,8-9H2,1H3,(H,22,24). The highest BCUT2D eigenvalue weighted by Gasteiger charge is 2.36. The number of aryl methyl sites for hydroxylation is 1. The first-order valence-corrected chi connectivity index (χ1v) is 8.04. The van der Waals surface area contributed by atoms with Crippen LogP contribution in [0.4, 0.5) is 14.5 Å². The van der Waals surface area contributed by atoms with Crippen LogP contribution in [0.3, 0.4) is 0 Å². The van der Waals surface area contributed by atoms with Crippen LogP contribution in [0, 0.1) is 24.5 Å². The Bertz CT molecular complexity index is 851. The minimum atomic E-state index is -1.07. The quantitative estimate of drug-likeness (QED) is 0.904. The largest absolute Gasteiger partial charge is 0.337 e. The molecule has 0 aromatic heterocycles. The summed E-state index contributed by atoms with van der Waals surface area (Å²) in [4.78, 5) is 25.9. The van der Waals surface area contributed by atoms with Crippen molar-refractivity contribution in [2.24, 2.45) is 5.92 Å². The monoisotopic (exact) mass is 364 g/mol. The lowest BCUT2D eigenvalue weighted by Crippen LogP contribution is -2.54. The molecule has 25 heavy (non-hydrogen) atoms. The minimum absolute atomic E-state index is 0.0587. The van der Waals surface area contributed by atoms with E-state index in [1.807, 2.05) is 6.92 Å². The Kier molecular flexibility index (Phi) is 4.72. The molecule has 0 atom stereocenters. The van der Waals surface area contributed by atoms with Crippen molar-refractivity contribution in [1.29, 1.82) is 0 Å². The van der Waals surface area contributed by atoms with Crippen LogP contribution in [-0.4, -0.2) is 29.8 Å². The fourth-order valence-corrected chi connectivity index (χ4v) is 2.76. The van der Waals surface area contributed by atoms with Crippen molar-refractivity contribution in [2.75, 3.05) is 18.4 Å². The average Bonchev–Trinajstić information content (AvgIpc) is 2.52. The number of benzene rings is 2. The molecule has 3 rings (SSSR count). The van der Waals surface area contributed by atoms with Gasteiger partial charge in [0, 0.05) is 29.4 Å². The molecule has 1 aliphatic heterocycles. The van der Waals surface area contributed by atoms with Gasteiger partial charge in [-0.1, -0.05) is 17.7 Å². The Morgan fingerprint density at radius 1 is 1.12 bits per heavy atom. The molecule has 1 N–H and O–H groups in total. The van der Waals surface area contributed by atoms with Gasteiger partial charge in [-0.25, -0.2) is 8.78 Å². The maximum Gasteiger partial charge on any atom is 0.254 e. The van der Waals surface area contributed by atoms with Gasteiger partial charge in [-0.3, -0.25) is 9.59 Å². The van der Waals surface area contributed by atoms with E-state index in [4.69, 9.17) is 11.6 Å². The van der Waals surface area contributed by atoms with E-state index in [0.717, 1.165) is 17.7 Å². The second-order valence-electron chi connectivity index (χ2n) is 5.98. The summed E-state index contributed by atoms with van der Waals surface area (Å²) < 4.78 is 26.2. The number of likely N-dealkylation sites (tertiary alicyclic amines) is 1. The predicted octanol–water partition coefficient (Wildman–Crippen LogP) is 3.64. The van der Waals surface area contributed by atoms with E-state index >= 15 is 0 Å². The van der Waals surface area contributed by atoms with Crippen molar-refractivity contribution < 1.29 is 18.4 Å². The van der Waals surface area contributed by atoms with Gasteiger partial charge in [0.15, 0.2) is 11.6 Å². The Morgan fingerprint density at radius 2 is 1.84 bits per heavy atom. The first-order chi connectivity index (χ1) is 11.8. The van der Waals surface area contributed by atoms with Crippen LogP contribution in [0.1, 0.15) is 15.9 Å². The summed E-state index contributed by atoms with van der Waals surface area (Å²) in [5, 5.41) is 3.32. The smallest absolute Gasteiger partial charge is 0.254 e. The van der Waals surface area contributed by atoms with Gasteiger partial charge in [0.1, 0.15) is 0 Å². The molecule has 2 aromatic carbocycles. The van der Waals surface area contributed by atoms with Crippen LogP contribution in [0.5, 0.6) is 0 Å². The summed E-state index contributed by atoms with van der Waals surface area (Å²) in [7, 11) is 0. The molecular formula is C18H15ClF2N2O2. The third kappa shape index (κ3) is 3.64. The molecule has 0 unspecified atom stereocenters. The third-order valence-corrected chi connectivity index (χ3v) is 4.40. The average molecular weight is 365 g/mol. The second-order valence-corrected chi connectivity index (χ2v) is 6.42. The van der Waals surface area contributed by atoms with Crippen molar-refractivity contribution in [3.63, 3.8) is 0 Å². The van der Waals surface area contributed by atoms with Crippen LogP contribution in [0.2, 0.25) is 5.02 Å². The number of halogens is 3. The highest BCUT2D eigenvalue weighted by molar-refractivity contribution is 6.31. The zero-order chi connectivity index (χ0) is 18.1. The molecule has 0 saturated carbocycles. The van der Waals surface area contributed by atoms with Gasteiger partial charge < -0.3 is 10.2 Å². The Hall–Kier alpha value is -2.47. The molecule has 2 amide bonds. The van der Waals surface area contributed by atoms with E-state index in [1.165, 1.54) is 11.0 Å². The van der Waals surface area contributed by atoms with Gasteiger partial charge >= 0.3 is 0 Å². The first kappa shape index (κ1) is 17.4. The molecule has 1 heterocycles. The van der Waals surface area contributed by atoms with Gasteiger partial charge in [0.05, 0.1) is 5.92 Å². The Labute approximate surface area is 148 Å². The Morgan fingerprint density at radius 3 is 2.52 bits per heavy atom. The van der Waals surface area contributed by atoms with Crippen LogP contribution in [-0.2, 0) is 4.79 Å². The van der Waals surface area contributed by atoms with Crippen molar-refractivity contribution >= 4 is 29.1 Å². The second kappa shape index (κ2) is 6.80. The SMILES string of the molecule is Cc1ccc(Cl)cc1NC(=O)C1CN(C(=O)c2ccc(F)c(F)c2)C1. The molecular weight excluding hydrogens is 350 g/mol. The molecule has 0 aliphatic carbocycles. The van der Waals surface area contributed by atoms with Crippen LogP contribution < -0.4 is 5.32 Å². The summed E-state index contributed by atoms with van der Waals surface area (Å²) in [6, 6.07) is 8.20. The highest BCUT2D eigenvalue weighted by atomic mass is 35.5. The molecule has 0 radical (unpaired) electrons. The maximum absolute atomic E-state index is 13.2. The van der Waals surface area contributed by atoms with Gasteiger partial charge in [0.25, 0.3) is 5.91 Å². The normalized spacial score (nSPS) is 14.2. The summed E-state index contributed by atoms with van der Waals surface area (Å²) in [6.45, 7) is 2.30. The lowest BCUT2D eigenvalue weighted by molar-refractivity contribution is -0.123. The molecule has 4 nitrogen and oxygen atoms in total. The van der Waals surface area contributed by atoms with E-state index in [9.17, 15) is 18.4 Å². The molecule has 0 spiro atoms. The van der Waals surface area contributed by atoms with Crippen molar-refractivity contribution in [1.82, 2.24) is 4.90 Å². The number of amides is 2. The van der Waals surface area contributed by atoms with E-state index in [2.05, 4.69) is 5.32 Å². The van der Waals surface area contributed by atoms with Crippen molar-refractivity contribution in [3.05, 3.63) is 64.2 Å². The number of carbonyl (C=O) groups is 2. The zero-order valence-electron chi connectivity index (χ0n) is 13.4. The Balaban J connectivity index is 1.60. The first-order valence-electron chi connectivity index (χ1n) is 7.66. The number of hydrogen-bond acceptors (Lipinski definition) is 2. The number of nitrogens with one attached hydrogen (secondary N) is 1. The minimum Gasteiger partial charge on any atom is -0.337 e. The van der Waals surface area contributed by atoms with Crippen molar-refractivity contribution in [3.8, 4) is 0 Å². The highest BCUT2D eigenvalue weighted by Crippen LogP contribution is 2.24. The maximum atomic E-state index is 13.2. The number of hydrogen-bond donors (Lipinski definition) is 1.